The van der Waals surface area contributed by atoms with Gasteiger partial charge in [-0.05, 0) is 163 Å². The van der Waals surface area contributed by atoms with Gasteiger partial charge in [-0.2, -0.15) is 0 Å². The van der Waals surface area contributed by atoms with Crippen molar-refractivity contribution in [1.82, 2.24) is 0 Å². The second-order valence-electron chi connectivity index (χ2n) is 18.4. The van der Waals surface area contributed by atoms with Gasteiger partial charge in [-0.25, -0.2) is 0 Å². The average molecular weight is 808 g/mol. The Hall–Kier alpha value is -7.22. The van der Waals surface area contributed by atoms with Gasteiger partial charge in [0.15, 0.2) is 0 Å². The summed E-state index contributed by atoms with van der Waals surface area (Å²) in [6, 6.07) is 75.7. The van der Waals surface area contributed by atoms with Crippen LogP contribution in [0, 0.1) is 13.8 Å². The van der Waals surface area contributed by atoms with Crippen molar-refractivity contribution in [2.24, 2.45) is 0 Å². The van der Waals surface area contributed by atoms with Gasteiger partial charge in [0.25, 0.3) is 0 Å². The summed E-state index contributed by atoms with van der Waals surface area (Å²) in [6.45, 7) is 9.39. The number of hydrogen-bond donors (Lipinski definition) is 0. The highest BCUT2D eigenvalue weighted by Crippen LogP contribution is 2.60. The fraction of sp³-hybridized carbons (Fsp3) is 0.129. The zero-order valence-corrected chi connectivity index (χ0v) is 36.4. The first-order chi connectivity index (χ1) is 30.8. The van der Waals surface area contributed by atoms with Gasteiger partial charge in [0.2, 0.25) is 0 Å². The Labute approximate surface area is 372 Å². The van der Waals surface area contributed by atoms with Gasteiger partial charge in [0, 0.05) is 16.8 Å². The van der Waals surface area contributed by atoms with E-state index in [4.69, 9.17) is 0 Å². The van der Waals surface area contributed by atoms with Gasteiger partial charge >= 0.3 is 0 Å². The molecule has 3 aliphatic carbocycles. The minimum Gasteiger partial charge on any atom is -0.310 e. The van der Waals surface area contributed by atoms with Crippen molar-refractivity contribution in [2.75, 3.05) is 4.90 Å². The van der Waals surface area contributed by atoms with Crippen LogP contribution in [0.15, 0.2) is 200 Å². The molecule has 0 aromatic heterocycles. The third kappa shape index (κ3) is 5.49. The molecule has 0 saturated heterocycles. The van der Waals surface area contributed by atoms with Crippen LogP contribution in [-0.2, 0) is 23.7 Å². The van der Waals surface area contributed by atoms with E-state index < -0.39 is 5.41 Å². The third-order valence-corrected chi connectivity index (χ3v) is 14.7. The lowest BCUT2D eigenvalue weighted by Crippen LogP contribution is -2.30. The van der Waals surface area contributed by atoms with Crippen LogP contribution in [0.4, 0.5) is 17.1 Å². The van der Waals surface area contributed by atoms with Gasteiger partial charge in [-0.15, -0.1) is 0 Å². The monoisotopic (exact) mass is 807 g/mol. The Kier molecular flexibility index (Phi) is 8.44. The fourth-order valence-corrected chi connectivity index (χ4v) is 11.9. The standard InChI is InChI=1S/C62H49N/c1-40-36-45(49-23-11-10-22-48(49)42-18-6-5-7-19-42)37-41(2)60(40)63(46-32-34-52-50-24-12-16-28-56(50)61(3,4)58(52)38-46)47-33-35-53-51-25-13-17-29-57(51)62(59(53)39-47)54-26-14-8-20-43(54)30-31-44-21-9-15-27-55(44)62/h5-29,32-39H,30-31H2,1-4H3. The van der Waals surface area contributed by atoms with Crippen LogP contribution in [0.1, 0.15) is 69.5 Å². The van der Waals surface area contributed by atoms with Crippen LogP contribution in [0.25, 0.3) is 44.5 Å². The molecule has 1 heteroatoms. The topological polar surface area (TPSA) is 3.24 Å². The first-order valence-corrected chi connectivity index (χ1v) is 22.6. The van der Waals surface area contributed by atoms with E-state index >= 15 is 0 Å². The summed E-state index contributed by atoms with van der Waals surface area (Å²) in [6.07, 6.45) is 2.04. The highest BCUT2D eigenvalue weighted by molar-refractivity contribution is 5.93. The maximum atomic E-state index is 2.57. The summed E-state index contributed by atoms with van der Waals surface area (Å²) >= 11 is 0. The molecule has 12 rings (SSSR count). The molecule has 0 fully saturated rings. The summed E-state index contributed by atoms with van der Waals surface area (Å²) in [7, 11) is 0. The van der Waals surface area contributed by atoms with Crippen molar-refractivity contribution in [3.63, 3.8) is 0 Å². The summed E-state index contributed by atoms with van der Waals surface area (Å²) in [4.78, 5) is 2.57. The van der Waals surface area contributed by atoms with Crippen LogP contribution in [0.3, 0.4) is 0 Å². The molecule has 0 radical (unpaired) electrons. The molecular formula is C62H49N. The van der Waals surface area contributed by atoms with Crippen LogP contribution in [-0.4, -0.2) is 0 Å². The summed E-state index contributed by atoms with van der Waals surface area (Å²) in [5.41, 5.74) is 26.8. The van der Waals surface area contributed by atoms with Crippen LogP contribution >= 0.6 is 0 Å². The maximum Gasteiger partial charge on any atom is 0.0719 e. The molecule has 63 heavy (non-hydrogen) atoms. The van der Waals surface area contributed by atoms with E-state index in [0.717, 1.165) is 18.5 Å². The van der Waals surface area contributed by atoms with Gasteiger partial charge in [0.05, 0.1) is 11.1 Å². The van der Waals surface area contributed by atoms with Crippen LogP contribution in [0.5, 0.6) is 0 Å². The van der Waals surface area contributed by atoms with E-state index in [2.05, 4.69) is 233 Å². The molecule has 1 nitrogen and oxygen atoms in total. The molecule has 1 spiro atoms. The molecule has 9 aromatic rings. The SMILES string of the molecule is Cc1cc(-c2ccccc2-c2ccccc2)cc(C)c1N(c1ccc2c(c1)C(C)(C)c1ccccc1-2)c1ccc2c(c1)C1(c3ccccc3CCc3ccccc31)c1ccccc1-2. The molecule has 0 bridgehead atoms. The molecule has 302 valence electrons. The average Bonchev–Trinajstić information content (AvgIpc) is 3.67. The first kappa shape index (κ1) is 37.5. The number of anilines is 3. The molecular weight excluding hydrogens is 759 g/mol. The smallest absolute Gasteiger partial charge is 0.0719 e. The van der Waals surface area contributed by atoms with Crippen molar-refractivity contribution in [3.05, 3.63) is 256 Å². The number of rotatable bonds is 5. The Morgan fingerprint density at radius 1 is 0.349 bits per heavy atom. The summed E-state index contributed by atoms with van der Waals surface area (Å²) < 4.78 is 0. The summed E-state index contributed by atoms with van der Waals surface area (Å²) in [5, 5.41) is 0. The molecule has 0 saturated carbocycles. The molecule has 0 aliphatic heterocycles. The molecule has 0 N–H and O–H groups in total. The van der Waals surface area contributed by atoms with Gasteiger partial charge in [0.1, 0.15) is 0 Å². The van der Waals surface area contributed by atoms with Crippen LogP contribution < -0.4 is 4.90 Å². The van der Waals surface area contributed by atoms with E-state index in [1.807, 2.05) is 0 Å². The van der Waals surface area contributed by atoms with E-state index in [0.29, 0.717) is 0 Å². The zero-order valence-electron chi connectivity index (χ0n) is 36.4. The predicted octanol–water partition coefficient (Wildman–Crippen LogP) is 15.9. The fourth-order valence-electron chi connectivity index (χ4n) is 11.9. The normalized spacial score (nSPS) is 14.5. The number of aryl methyl sites for hydroxylation is 4. The van der Waals surface area contributed by atoms with Crippen LogP contribution in [0.2, 0.25) is 0 Å². The lowest BCUT2D eigenvalue weighted by molar-refractivity contribution is 0.660. The second kappa shape index (κ2) is 14.2. The maximum absolute atomic E-state index is 2.57. The van der Waals surface area contributed by atoms with E-state index in [9.17, 15) is 0 Å². The quantitative estimate of drug-likeness (QED) is 0.167. The molecule has 0 heterocycles. The molecule has 0 atom stereocenters. The molecule has 9 aromatic carbocycles. The highest BCUT2D eigenvalue weighted by atomic mass is 15.1. The van der Waals surface area contributed by atoms with E-state index in [1.165, 1.54) is 112 Å². The molecule has 3 aliphatic rings. The predicted molar refractivity (Wildman–Crippen MR) is 264 cm³/mol. The van der Waals surface area contributed by atoms with Crippen molar-refractivity contribution < 1.29 is 0 Å². The lowest BCUT2D eigenvalue weighted by atomic mass is 9.66. The second-order valence-corrected chi connectivity index (χ2v) is 18.4. The Morgan fingerprint density at radius 2 is 0.778 bits per heavy atom. The van der Waals surface area contributed by atoms with E-state index in [-0.39, 0.29) is 5.41 Å². The minimum absolute atomic E-state index is 0.139. The Bertz CT molecular complexity index is 3220. The van der Waals surface area contributed by atoms with Crippen molar-refractivity contribution in [1.29, 1.82) is 0 Å². The van der Waals surface area contributed by atoms with Gasteiger partial charge in [-0.1, -0.05) is 178 Å². The number of benzene rings is 9. The zero-order chi connectivity index (χ0) is 42.5. The molecule has 0 amide bonds. The van der Waals surface area contributed by atoms with E-state index in [1.54, 1.807) is 0 Å². The first-order valence-electron chi connectivity index (χ1n) is 22.6. The number of hydrogen-bond acceptors (Lipinski definition) is 1. The highest BCUT2D eigenvalue weighted by Gasteiger charge is 2.49. The van der Waals surface area contributed by atoms with Gasteiger partial charge in [-0.3, -0.25) is 0 Å². The number of nitrogens with zero attached hydrogens (tertiary/aromatic N) is 1. The third-order valence-electron chi connectivity index (χ3n) is 14.7. The molecule has 0 unspecified atom stereocenters. The van der Waals surface area contributed by atoms with Gasteiger partial charge < -0.3 is 4.90 Å². The Morgan fingerprint density at radius 3 is 1.38 bits per heavy atom. The van der Waals surface area contributed by atoms with Crippen molar-refractivity contribution >= 4 is 17.1 Å². The lowest BCUT2D eigenvalue weighted by Gasteiger charge is -2.36. The number of fused-ring (bicyclic) bond motifs is 12. The Balaban J connectivity index is 1.12. The summed E-state index contributed by atoms with van der Waals surface area (Å²) in [5.74, 6) is 0. The minimum atomic E-state index is -0.464. The van der Waals surface area contributed by atoms with Crippen molar-refractivity contribution in [3.8, 4) is 44.5 Å². The largest absolute Gasteiger partial charge is 0.310 e. The van der Waals surface area contributed by atoms with Crippen molar-refractivity contribution in [2.45, 2.75) is 51.4 Å².